The molecule has 3 aromatic rings. The first kappa shape index (κ1) is 18.2. The first-order valence-corrected chi connectivity index (χ1v) is 9.24. The predicted octanol–water partition coefficient (Wildman–Crippen LogP) is 2.97. The van der Waals surface area contributed by atoms with Crippen molar-refractivity contribution in [2.75, 3.05) is 16.8 Å². The van der Waals surface area contributed by atoms with E-state index in [2.05, 4.69) is 15.4 Å². The highest BCUT2D eigenvalue weighted by atomic mass is 35.5. The van der Waals surface area contributed by atoms with Gasteiger partial charge in [0.05, 0.1) is 12.5 Å². The van der Waals surface area contributed by atoms with E-state index in [-0.39, 0.29) is 18.2 Å². The minimum absolute atomic E-state index is 0.0812. The zero-order chi connectivity index (χ0) is 19.5. The number of nitrogens with zero attached hydrogens (tertiary/aromatic N) is 4. The molecular formula is C20H18ClN5O2. The fourth-order valence-electron chi connectivity index (χ4n) is 3.27. The molecule has 2 heterocycles. The van der Waals surface area contributed by atoms with Crippen LogP contribution in [0.4, 0.5) is 11.4 Å². The maximum atomic E-state index is 12.7. The summed E-state index contributed by atoms with van der Waals surface area (Å²) in [5.74, 6) is -0.663. The summed E-state index contributed by atoms with van der Waals surface area (Å²) in [4.78, 5) is 30.6. The molecule has 1 saturated heterocycles. The number of rotatable bonds is 5. The van der Waals surface area contributed by atoms with E-state index in [1.807, 2.05) is 30.3 Å². The molecule has 0 bridgehead atoms. The summed E-state index contributed by atoms with van der Waals surface area (Å²) < 4.78 is 1.71. The zero-order valence-corrected chi connectivity index (χ0v) is 15.7. The molecule has 1 aromatic heterocycles. The number of hydrogen-bond donors (Lipinski definition) is 1. The molecule has 1 fully saturated rings. The molecule has 1 aliphatic heterocycles. The van der Waals surface area contributed by atoms with Gasteiger partial charge < -0.3 is 10.2 Å². The number of aromatic nitrogens is 3. The molecule has 4 rings (SSSR count). The van der Waals surface area contributed by atoms with Crippen molar-refractivity contribution in [1.82, 2.24) is 14.8 Å². The predicted molar refractivity (Wildman–Crippen MR) is 106 cm³/mol. The van der Waals surface area contributed by atoms with Crippen LogP contribution in [0.3, 0.4) is 0 Å². The van der Waals surface area contributed by atoms with Crippen LogP contribution in [0, 0.1) is 5.92 Å². The van der Waals surface area contributed by atoms with Crippen LogP contribution >= 0.6 is 11.6 Å². The van der Waals surface area contributed by atoms with Crippen molar-refractivity contribution in [3.8, 4) is 0 Å². The normalized spacial score (nSPS) is 16.4. The topological polar surface area (TPSA) is 80.1 Å². The van der Waals surface area contributed by atoms with Crippen molar-refractivity contribution >= 4 is 34.8 Å². The highest BCUT2D eigenvalue weighted by molar-refractivity contribution is 6.31. The molecule has 28 heavy (non-hydrogen) atoms. The largest absolute Gasteiger partial charge is 0.326 e. The average Bonchev–Trinajstić information content (AvgIpc) is 3.31. The zero-order valence-electron chi connectivity index (χ0n) is 15.0. The summed E-state index contributed by atoms with van der Waals surface area (Å²) in [5.41, 5.74) is 2.39. The van der Waals surface area contributed by atoms with Crippen LogP contribution in [-0.4, -0.2) is 33.1 Å². The molecule has 0 spiro atoms. The maximum absolute atomic E-state index is 12.7. The van der Waals surface area contributed by atoms with E-state index in [1.165, 1.54) is 6.33 Å². The van der Waals surface area contributed by atoms with E-state index < -0.39 is 5.92 Å². The Hall–Kier alpha value is -3.19. The van der Waals surface area contributed by atoms with E-state index in [9.17, 15) is 9.59 Å². The van der Waals surface area contributed by atoms with Gasteiger partial charge >= 0.3 is 0 Å². The molecule has 1 unspecified atom stereocenters. The molecule has 0 saturated carbocycles. The molecular weight excluding hydrogens is 378 g/mol. The van der Waals surface area contributed by atoms with Crippen molar-refractivity contribution in [1.29, 1.82) is 0 Å². The molecule has 1 N–H and O–H groups in total. The fourth-order valence-corrected chi connectivity index (χ4v) is 3.45. The highest BCUT2D eigenvalue weighted by Crippen LogP contribution is 2.28. The van der Waals surface area contributed by atoms with E-state index in [1.54, 1.807) is 34.1 Å². The third kappa shape index (κ3) is 4.04. The van der Waals surface area contributed by atoms with Crippen molar-refractivity contribution in [2.45, 2.75) is 13.0 Å². The first-order chi connectivity index (χ1) is 13.6. The summed E-state index contributed by atoms with van der Waals surface area (Å²) in [5, 5.41) is 7.56. The third-order valence-corrected chi connectivity index (χ3v) is 4.86. The van der Waals surface area contributed by atoms with E-state index in [0.29, 0.717) is 29.5 Å². The Morgan fingerprint density at radius 1 is 1.21 bits per heavy atom. The van der Waals surface area contributed by atoms with Crippen LogP contribution in [0.2, 0.25) is 5.02 Å². The number of halogens is 1. The Morgan fingerprint density at radius 2 is 2.07 bits per heavy atom. The minimum atomic E-state index is -0.412. The van der Waals surface area contributed by atoms with Crippen LogP contribution in [0.15, 0.2) is 61.2 Å². The number of carbonyl (C=O) groups is 2. The number of hydrogen-bond acceptors (Lipinski definition) is 4. The number of nitrogens with one attached hydrogen (secondary N) is 1. The molecule has 2 amide bonds. The summed E-state index contributed by atoms with van der Waals surface area (Å²) in [7, 11) is 0. The van der Waals surface area contributed by atoms with Gasteiger partial charge in [0, 0.05) is 29.4 Å². The number of amides is 2. The van der Waals surface area contributed by atoms with Crippen molar-refractivity contribution in [3.05, 3.63) is 71.8 Å². The standard InChI is InChI=1S/C20H18ClN5O2/c21-16-4-2-6-18(9-16)26-11-15(8-19(26)27)20(28)24-17-5-1-3-14(7-17)10-25-13-22-12-23-25/h1-7,9,12-13,15H,8,10-11H2,(H,24,28). The monoisotopic (exact) mass is 395 g/mol. The Labute approximate surface area is 166 Å². The summed E-state index contributed by atoms with van der Waals surface area (Å²) in [6, 6.07) is 14.6. The summed E-state index contributed by atoms with van der Waals surface area (Å²) >= 11 is 6.02. The number of benzene rings is 2. The second kappa shape index (κ2) is 7.82. The second-order valence-electron chi connectivity index (χ2n) is 6.67. The van der Waals surface area contributed by atoms with Crippen molar-refractivity contribution < 1.29 is 9.59 Å². The molecule has 7 nitrogen and oxygen atoms in total. The Bertz CT molecular complexity index is 1010. The molecule has 1 atom stereocenters. The quantitative estimate of drug-likeness (QED) is 0.720. The molecule has 2 aromatic carbocycles. The minimum Gasteiger partial charge on any atom is -0.326 e. The SMILES string of the molecule is O=C(Nc1cccc(Cn2cncn2)c1)C1CC(=O)N(c2cccc(Cl)c2)C1. The Kier molecular flexibility index (Phi) is 5.08. The van der Waals surface area contributed by atoms with Gasteiger partial charge in [-0.2, -0.15) is 5.10 Å². The number of carbonyl (C=O) groups excluding carboxylic acids is 2. The molecule has 8 heteroatoms. The Morgan fingerprint density at radius 3 is 2.86 bits per heavy atom. The molecule has 1 aliphatic rings. The van der Waals surface area contributed by atoms with Crippen LogP contribution in [-0.2, 0) is 16.1 Å². The number of anilines is 2. The van der Waals surface area contributed by atoms with Gasteiger partial charge in [-0.25, -0.2) is 9.67 Å². The van der Waals surface area contributed by atoms with E-state index in [4.69, 9.17) is 11.6 Å². The lowest BCUT2D eigenvalue weighted by Gasteiger charge is -2.17. The highest BCUT2D eigenvalue weighted by Gasteiger charge is 2.35. The van der Waals surface area contributed by atoms with Gasteiger partial charge in [-0.1, -0.05) is 29.8 Å². The van der Waals surface area contributed by atoms with Crippen molar-refractivity contribution in [2.24, 2.45) is 5.92 Å². The lowest BCUT2D eigenvalue weighted by atomic mass is 10.1. The molecule has 0 radical (unpaired) electrons. The van der Waals surface area contributed by atoms with E-state index >= 15 is 0 Å². The average molecular weight is 396 g/mol. The van der Waals surface area contributed by atoms with Crippen molar-refractivity contribution in [3.63, 3.8) is 0 Å². The Balaban J connectivity index is 1.42. The smallest absolute Gasteiger partial charge is 0.229 e. The van der Waals surface area contributed by atoms with Gasteiger partial charge in [-0.15, -0.1) is 0 Å². The fraction of sp³-hybridized carbons (Fsp3) is 0.200. The van der Waals surface area contributed by atoms with Gasteiger partial charge in [0.15, 0.2) is 0 Å². The van der Waals surface area contributed by atoms with Crippen LogP contribution in [0.1, 0.15) is 12.0 Å². The van der Waals surface area contributed by atoms with E-state index in [0.717, 1.165) is 5.56 Å². The lowest BCUT2D eigenvalue weighted by molar-refractivity contribution is -0.122. The molecule has 0 aliphatic carbocycles. The van der Waals surface area contributed by atoms with Gasteiger partial charge in [-0.05, 0) is 35.9 Å². The van der Waals surface area contributed by atoms with Gasteiger partial charge in [0.1, 0.15) is 12.7 Å². The lowest BCUT2D eigenvalue weighted by Crippen LogP contribution is -2.28. The van der Waals surface area contributed by atoms with Crippen LogP contribution < -0.4 is 10.2 Å². The maximum Gasteiger partial charge on any atom is 0.229 e. The molecule has 142 valence electrons. The van der Waals surface area contributed by atoms with Gasteiger partial charge in [0.2, 0.25) is 11.8 Å². The van der Waals surface area contributed by atoms with Crippen LogP contribution in [0.25, 0.3) is 0 Å². The van der Waals surface area contributed by atoms with Crippen LogP contribution in [0.5, 0.6) is 0 Å². The second-order valence-corrected chi connectivity index (χ2v) is 7.10. The first-order valence-electron chi connectivity index (χ1n) is 8.86. The summed E-state index contributed by atoms with van der Waals surface area (Å²) in [6.07, 6.45) is 3.30. The third-order valence-electron chi connectivity index (χ3n) is 4.62. The van der Waals surface area contributed by atoms with Gasteiger partial charge in [0.25, 0.3) is 0 Å². The van der Waals surface area contributed by atoms with Gasteiger partial charge in [-0.3, -0.25) is 9.59 Å². The summed E-state index contributed by atoms with van der Waals surface area (Å²) in [6.45, 7) is 0.901.